The standard InChI is InChI=1S/C12H14F2N2O/c1-8(17)10-4-3-9(6-15)5-11(10)16(2)7-12(13)14/h3-5,8,12,17H,7H2,1-2H3/t8-/m1/s1. The Kier molecular flexibility index (Phi) is 4.41. The SMILES string of the molecule is C[C@@H](O)c1ccc(C#N)cc1N(C)CC(F)F. The van der Waals surface area contributed by atoms with E-state index in [1.54, 1.807) is 19.1 Å². The van der Waals surface area contributed by atoms with Crippen molar-refractivity contribution in [3.05, 3.63) is 29.3 Å². The first-order valence-electron chi connectivity index (χ1n) is 5.17. The van der Waals surface area contributed by atoms with E-state index in [4.69, 9.17) is 5.26 Å². The molecule has 0 aromatic heterocycles. The first-order chi connectivity index (χ1) is 7.95. The van der Waals surface area contributed by atoms with Crippen LogP contribution in [0.5, 0.6) is 0 Å². The van der Waals surface area contributed by atoms with Gasteiger partial charge < -0.3 is 10.0 Å². The molecule has 1 aromatic carbocycles. The molecule has 0 amide bonds. The van der Waals surface area contributed by atoms with E-state index < -0.39 is 19.1 Å². The Labute approximate surface area is 98.9 Å². The quantitative estimate of drug-likeness (QED) is 0.878. The summed E-state index contributed by atoms with van der Waals surface area (Å²) in [6, 6.07) is 6.59. The highest BCUT2D eigenvalue weighted by Gasteiger charge is 2.15. The van der Waals surface area contributed by atoms with E-state index in [-0.39, 0.29) is 0 Å². The molecule has 0 spiro atoms. The lowest BCUT2D eigenvalue weighted by Crippen LogP contribution is -2.25. The van der Waals surface area contributed by atoms with Crippen molar-refractivity contribution in [3.8, 4) is 6.07 Å². The van der Waals surface area contributed by atoms with E-state index >= 15 is 0 Å². The van der Waals surface area contributed by atoms with E-state index in [9.17, 15) is 13.9 Å². The minimum absolute atomic E-state index is 0.380. The van der Waals surface area contributed by atoms with Gasteiger partial charge in [-0.1, -0.05) is 6.07 Å². The van der Waals surface area contributed by atoms with Crippen LogP contribution < -0.4 is 4.90 Å². The van der Waals surface area contributed by atoms with Gasteiger partial charge in [-0.3, -0.25) is 0 Å². The fourth-order valence-corrected chi connectivity index (χ4v) is 1.60. The second-order valence-corrected chi connectivity index (χ2v) is 3.83. The average molecular weight is 240 g/mol. The lowest BCUT2D eigenvalue weighted by Gasteiger charge is -2.23. The molecule has 0 aliphatic rings. The molecular weight excluding hydrogens is 226 g/mol. The van der Waals surface area contributed by atoms with Gasteiger partial charge in [-0.25, -0.2) is 8.78 Å². The van der Waals surface area contributed by atoms with Crippen molar-refractivity contribution in [2.45, 2.75) is 19.5 Å². The highest BCUT2D eigenvalue weighted by molar-refractivity contribution is 5.58. The number of alkyl halides is 2. The molecule has 0 saturated heterocycles. The monoisotopic (exact) mass is 240 g/mol. The first kappa shape index (κ1) is 13.4. The summed E-state index contributed by atoms with van der Waals surface area (Å²) < 4.78 is 24.6. The second kappa shape index (κ2) is 5.60. The number of aliphatic hydroxyl groups excluding tert-OH is 1. The normalized spacial score (nSPS) is 12.3. The number of halogens is 2. The number of aliphatic hydroxyl groups is 1. The Bertz CT molecular complexity index is 427. The van der Waals surface area contributed by atoms with Gasteiger partial charge in [-0.15, -0.1) is 0 Å². The van der Waals surface area contributed by atoms with Crippen molar-refractivity contribution in [2.75, 3.05) is 18.5 Å². The number of nitriles is 1. The molecule has 0 heterocycles. The van der Waals surface area contributed by atoms with E-state index in [1.807, 2.05) is 6.07 Å². The van der Waals surface area contributed by atoms with Crippen LogP contribution >= 0.6 is 0 Å². The van der Waals surface area contributed by atoms with Crippen molar-refractivity contribution in [3.63, 3.8) is 0 Å². The van der Waals surface area contributed by atoms with Crippen LogP contribution in [0.3, 0.4) is 0 Å². The van der Waals surface area contributed by atoms with Gasteiger partial charge in [0.05, 0.1) is 24.3 Å². The molecule has 1 rings (SSSR count). The smallest absolute Gasteiger partial charge is 0.255 e. The molecule has 0 saturated carbocycles. The summed E-state index contributed by atoms with van der Waals surface area (Å²) in [6.45, 7) is 1.12. The maximum atomic E-state index is 12.3. The first-order valence-corrected chi connectivity index (χ1v) is 5.17. The van der Waals surface area contributed by atoms with E-state index in [0.29, 0.717) is 16.8 Å². The molecule has 0 aliphatic carbocycles. The Morgan fingerprint density at radius 1 is 1.47 bits per heavy atom. The van der Waals surface area contributed by atoms with Crippen LogP contribution in [0, 0.1) is 11.3 Å². The molecule has 5 heteroatoms. The summed E-state index contributed by atoms with van der Waals surface area (Å²) >= 11 is 0. The third-order valence-electron chi connectivity index (χ3n) is 2.43. The van der Waals surface area contributed by atoms with E-state index in [0.717, 1.165) is 0 Å². The molecule has 0 unspecified atom stereocenters. The number of anilines is 1. The fraction of sp³-hybridized carbons (Fsp3) is 0.417. The summed E-state index contributed by atoms with van der Waals surface area (Å²) in [5.41, 5.74) is 1.37. The molecular formula is C12H14F2N2O. The van der Waals surface area contributed by atoms with Crippen LogP contribution in [0.25, 0.3) is 0 Å². The third-order valence-corrected chi connectivity index (χ3v) is 2.43. The van der Waals surface area contributed by atoms with E-state index in [2.05, 4.69) is 0 Å². The van der Waals surface area contributed by atoms with Crippen molar-refractivity contribution in [1.82, 2.24) is 0 Å². The summed E-state index contributed by atoms with van der Waals surface area (Å²) in [4.78, 5) is 1.34. The minimum atomic E-state index is -2.47. The summed E-state index contributed by atoms with van der Waals surface area (Å²) in [5, 5.41) is 18.3. The summed E-state index contributed by atoms with van der Waals surface area (Å²) in [5.74, 6) is 0. The maximum absolute atomic E-state index is 12.3. The molecule has 3 nitrogen and oxygen atoms in total. The Morgan fingerprint density at radius 2 is 2.12 bits per heavy atom. The van der Waals surface area contributed by atoms with Gasteiger partial charge in [-0.2, -0.15) is 5.26 Å². The highest BCUT2D eigenvalue weighted by Crippen LogP contribution is 2.27. The molecule has 1 N–H and O–H groups in total. The van der Waals surface area contributed by atoms with Gasteiger partial charge in [0, 0.05) is 18.3 Å². The number of hydrogen-bond acceptors (Lipinski definition) is 3. The molecule has 0 fully saturated rings. The van der Waals surface area contributed by atoms with Crippen LogP contribution in [0.1, 0.15) is 24.2 Å². The maximum Gasteiger partial charge on any atom is 0.255 e. The molecule has 1 atom stereocenters. The molecule has 0 radical (unpaired) electrons. The van der Waals surface area contributed by atoms with Crippen LogP contribution in [0.2, 0.25) is 0 Å². The third kappa shape index (κ3) is 3.40. The minimum Gasteiger partial charge on any atom is -0.389 e. The molecule has 17 heavy (non-hydrogen) atoms. The van der Waals surface area contributed by atoms with Gasteiger partial charge in [0.15, 0.2) is 0 Å². The topological polar surface area (TPSA) is 47.3 Å². The van der Waals surface area contributed by atoms with Crippen molar-refractivity contribution in [1.29, 1.82) is 5.26 Å². The van der Waals surface area contributed by atoms with Crippen molar-refractivity contribution in [2.24, 2.45) is 0 Å². The van der Waals surface area contributed by atoms with Gasteiger partial charge in [0.25, 0.3) is 6.43 Å². The fourth-order valence-electron chi connectivity index (χ4n) is 1.60. The van der Waals surface area contributed by atoms with Gasteiger partial charge in [-0.05, 0) is 19.1 Å². The zero-order valence-electron chi connectivity index (χ0n) is 9.69. The predicted octanol–water partition coefficient (Wildman–Crippen LogP) is 2.31. The number of hydrogen-bond donors (Lipinski definition) is 1. The summed E-state index contributed by atoms with van der Waals surface area (Å²) in [7, 11) is 1.51. The zero-order valence-corrected chi connectivity index (χ0v) is 9.69. The molecule has 1 aromatic rings. The van der Waals surface area contributed by atoms with E-state index in [1.165, 1.54) is 18.0 Å². The van der Waals surface area contributed by atoms with Gasteiger partial charge in [0.2, 0.25) is 0 Å². The Balaban J connectivity index is 3.13. The predicted molar refractivity (Wildman–Crippen MR) is 61.1 cm³/mol. The molecule has 0 aliphatic heterocycles. The Morgan fingerprint density at radius 3 is 2.59 bits per heavy atom. The summed E-state index contributed by atoms with van der Waals surface area (Å²) in [6.07, 6.45) is -3.23. The zero-order chi connectivity index (χ0) is 13.0. The van der Waals surface area contributed by atoms with Crippen LogP contribution in [0.4, 0.5) is 14.5 Å². The lowest BCUT2D eigenvalue weighted by molar-refractivity contribution is 0.156. The lowest BCUT2D eigenvalue weighted by atomic mass is 10.0. The van der Waals surface area contributed by atoms with Gasteiger partial charge >= 0.3 is 0 Å². The number of nitrogens with zero attached hydrogens (tertiary/aromatic N) is 2. The average Bonchev–Trinajstić information content (AvgIpc) is 2.27. The second-order valence-electron chi connectivity index (χ2n) is 3.83. The molecule has 0 bridgehead atoms. The largest absolute Gasteiger partial charge is 0.389 e. The van der Waals surface area contributed by atoms with Crippen molar-refractivity contribution >= 4 is 5.69 Å². The Hall–Kier alpha value is -1.67. The van der Waals surface area contributed by atoms with Crippen molar-refractivity contribution < 1.29 is 13.9 Å². The van der Waals surface area contributed by atoms with Gasteiger partial charge in [0.1, 0.15) is 0 Å². The number of benzene rings is 1. The highest BCUT2D eigenvalue weighted by atomic mass is 19.3. The van der Waals surface area contributed by atoms with Crippen LogP contribution in [-0.2, 0) is 0 Å². The number of rotatable bonds is 4. The van der Waals surface area contributed by atoms with Crippen LogP contribution in [0.15, 0.2) is 18.2 Å². The van der Waals surface area contributed by atoms with Crippen LogP contribution in [-0.4, -0.2) is 25.1 Å². The molecule has 92 valence electrons.